The highest BCUT2D eigenvalue weighted by Crippen LogP contribution is 2.23. The summed E-state index contributed by atoms with van der Waals surface area (Å²) < 4.78 is 5.41. The molecular weight excluding hydrogens is 358 g/mol. The Morgan fingerprint density at radius 3 is 3.00 bits per heavy atom. The van der Waals surface area contributed by atoms with Crippen molar-refractivity contribution in [2.45, 2.75) is 45.7 Å². The van der Waals surface area contributed by atoms with Gasteiger partial charge in [-0.25, -0.2) is 4.79 Å². The van der Waals surface area contributed by atoms with Crippen LogP contribution in [0.1, 0.15) is 47.1 Å². The van der Waals surface area contributed by atoms with Crippen LogP contribution in [0.25, 0.3) is 11.0 Å². The van der Waals surface area contributed by atoms with Crippen LogP contribution in [-0.2, 0) is 13.0 Å². The normalized spacial score (nSPS) is 17.4. The van der Waals surface area contributed by atoms with Gasteiger partial charge in [0.15, 0.2) is 0 Å². The third kappa shape index (κ3) is 3.60. The summed E-state index contributed by atoms with van der Waals surface area (Å²) in [5.41, 5.74) is 3.71. The molecule has 0 aliphatic carbocycles. The van der Waals surface area contributed by atoms with Gasteiger partial charge in [0, 0.05) is 36.7 Å². The summed E-state index contributed by atoms with van der Waals surface area (Å²) in [5, 5.41) is 7.14. The van der Waals surface area contributed by atoms with Crippen LogP contribution in [0.2, 0.25) is 0 Å². The number of hydrogen-bond donors (Lipinski definition) is 3. The van der Waals surface area contributed by atoms with Gasteiger partial charge >= 0.3 is 5.69 Å². The lowest BCUT2D eigenvalue weighted by atomic mass is 10.1. The van der Waals surface area contributed by atoms with Crippen LogP contribution in [0.3, 0.4) is 0 Å². The first-order chi connectivity index (χ1) is 13.5. The molecule has 148 valence electrons. The number of hydrogen-bond acceptors (Lipinski definition) is 5. The highest BCUT2D eigenvalue weighted by atomic mass is 16.5. The van der Waals surface area contributed by atoms with Crippen LogP contribution in [0.5, 0.6) is 0 Å². The Morgan fingerprint density at radius 1 is 1.36 bits per heavy atom. The Morgan fingerprint density at radius 2 is 2.18 bits per heavy atom. The molecule has 3 aromatic rings. The van der Waals surface area contributed by atoms with Gasteiger partial charge in [-0.1, -0.05) is 12.1 Å². The molecule has 3 N–H and O–H groups in total. The minimum atomic E-state index is -0.273. The monoisotopic (exact) mass is 383 g/mol. The van der Waals surface area contributed by atoms with E-state index in [1.165, 1.54) is 5.56 Å². The van der Waals surface area contributed by atoms with E-state index in [-0.39, 0.29) is 11.6 Å². The van der Waals surface area contributed by atoms with Crippen molar-refractivity contribution in [1.82, 2.24) is 25.3 Å². The largest absolute Gasteiger partial charge is 0.361 e. The molecule has 1 atom stereocenters. The molecule has 28 heavy (non-hydrogen) atoms. The molecule has 1 aromatic carbocycles. The van der Waals surface area contributed by atoms with Crippen LogP contribution in [-0.4, -0.2) is 45.1 Å². The quantitative estimate of drug-likeness (QED) is 0.604. The first-order valence-electron chi connectivity index (χ1n) is 9.73. The second-order valence-corrected chi connectivity index (χ2v) is 7.34. The molecule has 2 aromatic heterocycles. The van der Waals surface area contributed by atoms with Gasteiger partial charge in [-0.2, -0.15) is 0 Å². The smallest absolute Gasteiger partial charge is 0.323 e. The van der Waals surface area contributed by atoms with Gasteiger partial charge in [0.2, 0.25) is 0 Å². The van der Waals surface area contributed by atoms with E-state index < -0.39 is 0 Å². The Balaban J connectivity index is 1.40. The lowest BCUT2D eigenvalue weighted by molar-refractivity contribution is 0.0940. The van der Waals surface area contributed by atoms with Crippen LogP contribution in [0, 0.1) is 6.92 Å². The lowest BCUT2D eigenvalue weighted by Crippen LogP contribution is -2.40. The molecule has 1 aliphatic rings. The molecule has 0 saturated carbocycles. The fourth-order valence-corrected chi connectivity index (χ4v) is 3.94. The van der Waals surface area contributed by atoms with Gasteiger partial charge in [0.1, 0.15) is 5.76 Å². The van der Waals surface area contributed by atoms with Crippen LogP contribution in [0.15, 0.2) is 27.5 Å². The van der Waals surface area contributed by atoms with Gasteiger partial charge < -0.3 is 19.8 Å². The minimum absolute atomic E-state index is 0.133. The molecule has 0 radical (unpaired) electrons. The molecule has 8 nitrogen and oxygen atoms in total. The Kier molecular flexibility index (Phi) is 5.04. The lowest BCUT2D eigenvalue weighted by Gasteiger charge is -2.24. The van der Waals surface area contributed by atoms with Crippen LogP contribution >= 0.6 is 0 Å². The number of aryl methyl sites for hydroxylation is 2. The Labute approximate surface area is 162 Å². The average Bonchev–Trinajstić information content (AvgIpc) is 3.38. The van der Waals surface area contributed by atoms with Gasteiger partial charge in [-0.3, -0.25) is 9.69 Å². The molecule has 1 amide bonds. The molecule has 1 unspecified atom stereocenters. The van der Waals surface area contributed by atoms with Crippen molar-refractivity contribution in [3.05, 3.63) is 51.3 Å². The zero-order chi connectivity index (χ0) is 19.7. The summed E-state index contributed by atoms with van der Waals surface area (Å²) in [4.78, 5) is 31.7. The number of nitrogens with zero attached hydrogens (tertiary/aromatic N) is 2. The molecule has 3 heterocycles. The number of amides is 1. The standard InChI is InChI=1S/C20H25N5O3/c1-3-18-15(12(2)24-28-18)11-25-8-4-5-14(25)10-21-19(26)13-6-7-16-17(9-13)23-20(27)22-16/h6-7,9,14H,3-5,8,10-11H2,1-2H3,(H,21,26)(H2,22,23,27). The minimum Gasteiger partial charge on any atom is -0.361 e. The molecule has 1 aliphatic heterocycles. The maximum Gasteiger partial charge on any atom is 0.323 e. The van der Waals surface area contributed by atoms with Crippen LogP contribution in [0.4, 0.5) is 0 Å². The predicted octanol–water partition coefficient (Wildman–Crippen LogP) is 2.11. The Bertz CT molecular complexity index is 1050. The highest BCUT2D eigenvalue weighted by Gasteiger charge is 2.27. The SMILES string of the molecule is CCc1onc(C)c1CN1CCCC1CNC(=O)c1ccc2[nH]c(=O)[nH]c2c1. The molecule has 0 bridgehead atoms. The summed E-state index contributed by atoms with van der Waals surface area (Å²) in [6, 6.07) is 5.45. The second kappa shape index (κ2) is 7.63. The van der Waals surface area contributed by atoms with E-state index in [2.05, 4.69) is 32.3 Å². The van der Waals surface area contributed by atoms with E-state index >= 15 is 0 Å². The van der Waals surface area contributed by atoms with Gasteiger partial charge in [0.25, 0.3) is 5.91 Å². The highest BCUT2D eigenvalue weighted by molar-refractivity contribution is 5.97. The maximum atomic E-state index is 12.6. The molecule has 1 fully saturated rings. The number of benzene rings is 1. The number of carbonyl (C=O) groups is 1. The Hall–Kier alpha value is -2.87. The number of fused-ring (bicyclic) bond motifs is 1. The average molecular weight is 383 g/mol. The zero-order valence-electron chi connectivity index (χ0n) is 16.2. The second-order valence-electron chi connectivity index (χ2n) is 7.34. The summed E-state index contributed by atoms with van der Waals surface area (Å²) in [6.07, 6.45) is 2.99. The summed E-state index contributed by atoms with van der Waals surface area (Å²) in [5.74, 6) is 0.812. The van der Waals surface area contributed by atoms with Crippen molar-refractivity contribution in [1.29, 1.82) is 0 Å². The molecule has 0 spiro atoms. The number of nitrogens with one attached hydrogen (secondary N) is 3. The number of H-pyrrole nitrogens is 2. The first kappa shape index (κ1) is 18.5. The number of aromatic amines is 2. The van der Waals surface area contributed by atoms with Crippen molar-refractivity contribution < 1.29 is 9.32 Å². The number of imidazole rings is 1. The molecular formula is C20H25N5O3. The van der Waals surface area contributed by atoms with E-state index in [0.717, 1.165) is 43.8 Å². The fraction of sp³-hybridized carbons (Fsp3) is 0.450. The number of rotatable bonds is 6. The number of likely N-dealkylation sites (tertiary alicyclic amines) is 1. The van der Waals surface area contributed by atoms with E-state index in [1.54, 1.807) is 18.2 Å². The van der Waals surface area contributed by atoms with Crippen molar-refractivity contribution in [2.75, 3.05) is 13.1 Å². The van der Waals surface area contributed by atoms with Gasteiger partial charge in [-0.15, -0.1) is 0 Å². The van der Waals surface area contributed by atoms with Crippen molar-refractivity contribution in [3.8, 4) is 0 Å². The van der Waals surface area contributed by atoms with Crippen molar-refractivity contribution in [3.63, 3.8) is 0 Å². The van der Waals surface area contributed by atoms with E-state index in [4.69, 9.17) is 4.52 Å². The van der Waals surface area contributed by atoms with Gasteiger partial charge in [0.05, 0.1) is 16.7 Å². The van der Waals surface area contributed by atoms with Crippen LogP contribution < -0.4 is 11.0 Å². The van der Waals surface area contributed by atoms with E-state index in [9.17, 15) is 9.59 Å². The third-order valence-electron chi connectivity index (χ3n) is 5.52. The fourth-order valence-electron chi connectivity index (χ4n) is 3.94. The topological polar surface area (TPSA) is 107 Å². The number of aromatic nitrogens is 3. The summed E-state index contributed by atoms with van der Waals surface area (Å²) in [6.45, 7) is 6.44. The molecule has 1 saturated heterocycles. The number of carbonyl (C=O) groups excluding carboxylic acids is 1. The van der Waals surface area contributed by atoms with Crippen molar-refractivity contribution >= 4 is 16.9 Å². The predicted molar refractivity (Wildman–Crippen MR) is 105 cm³/mol. The van der Waals surface area contributed by atoms with Gasteiger partial charge in [-0.05, 0) is 44.5 Å². The zero-order valence-corrected chi connectivity index (χ0v) is 16.2. The molecule has 4 rings (SSSR count). The summed E-state index contributed by atoms with van der Waals surface area (Å²) in [7, 11) is 0. The summed E-state index contributed by atoms with van der Waals surface area (Å²) >= 11 is 0. The van der Waals surface area contributed by atoms with Crippen molar-refractivity contribution in [2.24, 2.45) is 0 Å². The van der Waals surface area contributed by atoms with E-state index in [1.807, 2.05) is 6.92 Å². The third-order valence-corrected chi connectivity index (χ3v) is 5.52. The first-order valence-corrected chi connectivity index (χ1v) is 9.73. The van der Waals surface area contributed by atoms with E-state index in [0.29, 0.717) is 29.2 Å². The molecule has 8 heteroatoms. The maximum absolute atomic E-state index is 12.6.